The second kappa shape index (κ2) is 10.4. The number of esters is 1. The Morgan fingerprint density at radius 2 is 1.78 bits per heavy atom. The number of benzene rings is 2. The van der Waals surface area contributed by atoms with E-state index >= 15 is 0 Å². The number of aromatic nitrogens is 1. The number of carbonyl (C=O) groups excluding carboxylic acids is 1. The van der Waals surface area contributed by atoms with E-state index in [4.69, 9.17) is 20.2 Å². The highest BCUT2D eigenvalue weighted by Gasteiger charge is 2.20. The Morgan fingerprint density at radius 3 is 2.41 bits per heavy atom. The summed E-state index contributed by atoms with van der Waals surface area (Å²) >= 11 is 0. The molecule has 3 rings (SSSR count). The van der Waals surface area contributed by atoms with Gasteiger partial charge in [0.2, 0.25) is 0 Å². The fourth-order valence-corrected chi connectivity index (χ4v) is 3.85. The molecule has 0 aliphatic heterocycles. The number of aryl methyl sites for hydroxylation is 2. The first-order valence-electron chi connectivity index (χ1n) is 10.9. The van der Waals surface area contributed by atoms with Gasteiger partial charge in [-0.2, -0.15) is 0 Å². The maximum absolute atomic E-state index is 11.9. The van der Waals surface area contributed by atoms with Crippen molar-refractivity contribution in [1.82, 2.24) is 4.98 Å². The van der Waals surface area contributed by atoms with E-state index in [1.165, 1.54) is 12.7 Å². The van der Waals surface area contributed by atoms with E-state index in [0.29, 0.717) is 30.4 Å². The van der Waals surface area contributed by atoms with E-state index in [9.17, 15) is 4.79 Å². The van der Waals surface area contributed by atoms with Gasteiger partial charge in [-0.3, -0.25) is 4.98 Å². The summed E-state index contributed by atoms with van der Waals surface area (Å²) in [7, 11) is 1.37. The molecule has 2 N–H and O–H groups in total. The van der Waals surface area contributed by atoms with Crippen LogP contribution in [0.2, 0.25) is 0 Å². The van der Waals surface area contributed by atoms with E-state index in [1.54, 1.807) is 18.2 Å². The Kier molecular flexibility index (Phi) is 7.65. The number of rotatable bonds is 8. The smallest absolute Gasteiger partial charge is 0.337 e. The molecule has 3 aromatic rings. The highest BCUT2D eigenvalue weighted by atomic mass is 16.5. The topological polar surface area (TPSA) is 74.4 Å². The van der Waals surface area contributed by atoms with Crippen LogP contribution in [0.15, 0.2) is 48.5 Å². The SMILES string of the molecule is COC(=O)c1cccc(OCc2c(C)nc(CC(C)C)c(CN)c2-c2ccc(C)cc2)c1. The normalized spacial score (nSPS) is 11.0. The predicted molar refractivity (Wildman–Crippen MR) is 128 cm³/mol. The van der Waals surface area contributed by atoms with Crippen molar-refractivity contribution in [2.45, 2.75) is 47.3 Å². The van der Waals surface area contributed by atoms with Crippen LogP contribution in [0.4, 0.5) is 0 Å². The monoisotopic (exact) mass is 432 g/mol. The molecule has 0 spiro atoms. The third-order valence-corrected chi connectivity index (χ3v) is 5.48. The summed E-state index contributed by atoms with van der Waals surface area (Å²) in [4.78, 5) is 16.8. The molecule has 0 bridgehead atoms. The van der Waals surface area contributed by atoms with Crippen molar-refractivity contribution in [1.29, 1.82) is 0 Å². The summed E-state index contributed by atoms with van der Waals surface area (Å²) in [6.45, 7) is 9.20. The molecule has 5 nitrogen and oxygen atoms in total. The van der Waals surface area contributed by atoms with Gasteiger partial charge < -0.3 is 15.2 Å². The number of carbonyl (C=O) groups is 1. The number of hydrogen-bond acceptors (Lipinski definition) is 5. The minimum atomic E-state index is -0.392. The lowest BCUT2D eigenvalue weighted by molar-refractivity contribution is 0.0600. The second-order valence-electron chi connectivity index (χ2n) is 8.45. The van der Waals surface area contributed by atoms with Crippen LogP contribution in [0.3, 0.4) is 0 Å². The number of nitrogens with two attached hydrogens (primary N) is 1. The molecule has 0 fully saturated rings. The summed E-state index contributed by atoms with van der Waals surface area (Å²) in [6, 6.07) is 15.5. The van der Waals surface area contributed by atoms with E-state index < -0.39 is 5.97 Å². The van der Waals surface area contributed by atoms with Crippen molar-refractivity contribution < 1.29 is 14.3 Å². The van der Waals surface area contributed by atoms with Gasteiger partial charge in [-0.05, 0) is 61.1 Å². The number of hydrogen-bond donors (Lipinski definition) is 1. The quantitative estimate of drug-likeness (QED) is 0.483. The van der Waals surface area contributed by atoms with Crippen LogP contribution in [-0.4, -0.2) is 18.1 Å². The number of ether oxygens (including phenoxy) is 2. The fraction of sp³-hybridized carbons (Fsp3) is 0.333. The van der Waals surface area contributed by atoms with Gasteiger partial charge in [0.25, 0.3) is 0 Å². The minimum absolute atomic E-state index is 0.321. The van der Waals surface area contributed by atoms with Crippen molar-refractivity contribution >= 4 is 5.97 Å². The Bertz CT molecular complexity index is 1090. The molecule has 0 saturated carbocycles. The van der Waals surface area contributed by atoms with Crippen molar-refractivity contribution in [3.8, 4) is 16.9 Å². The Hall–Kier alpha value is -3.18. The molecule has 0 aliphatic carbocycles. The van der Waals surface area contributed by atoms with Crippen molar-refractivity contribution in [2.24, 2.45) is 11.7 Å². The van der Waals surface area contributed by atoms with Gasteiger partial charge in [0.1, 0.15) is 12.4 Å². The minimum Gasteiger partial charge on any atom is -0.489 e. The molecule has 0 aliphatic rings. The predicted octanol–water partition coefficient (Wildman–Crippen LogP) is 5.39. The van der Waals surface area contributed by atoms with Crippen molar-refractivity contribution in [3.05, 3.63) is 82.2 Å². The van der Waals surface area contributed by atoms with Gasteiger partial charge in [0.05, 0.1) is 12.7 Å². The summed E-state index contributed by atoms with van der Waals surface area (Å²) in [6.07, 6.45) is 0.870. The zero-order valence-corrected chi connectivity index (χ0v) is 19.6. The number of pyridine rings is 1. The van der Waals surface area contributed by atoms with Gasteiger partial charge in [-0.25, -0.2) is 4.79 Å². The van der Waals surface area contributed by atoms with Gasteiger partial charge in [-0.1, -0.05) is 49.7 Å². The number of methoxy groups -OCH3 is 1. The van der Waals surface area contributed by atoms with Gasteiger partial charge in [-0.15, -0.1) is 0 Å². The van der Waals surface area contributed by atoms with E-state index in [-0.39, 0.29) is 0 Å². The molecule has 0 radical (unpaired) electrons. The lowest BCUT2D eigenvalue weighted by atomic mass is 9.90. The van der Waals surface area contributed by atoms with Crippen LogP contribution in [0.5, 0.6) is 5.75 Å². The average Bonchev–Trinajstić information content (AvgIpc) is 2.78. The van der Waals surface area contributed by atoms with Crippen LogP contribution in [0.25, 0.3) is 11.1 Å². The molecule has 1 aromatic heterocycles. The maximum Gasteiger partial charge on any atom is 0.337 e. The Morgan fingerprint density at radius 1 is 1.06 bits per heavy atom. The molecule has 5 heteroatoms. The molecule has 1 heterocycles. The molecule has 0 atom stereocenters. The lowest BCUT2D eigenvalue weighted by Gasteiger charge is -2.21. The molecular weight excluding hydrogens is 400 g/mol. The fourth-order valence-electron chi connectivity index (χ4n) is 3.85. The molecular formula is C27H32N2O3. The van der Waals surface area contributed by atoms with E-state index in [0.717, 1.165) is 40.1 Å². The van der Waals surface area contributed by atoms with Gasteiger partial charge in [0, 0.05) is 23.5 Å². The first kappa shape index (κ1) is 23.5. The van der Waals surface area contributed by atoms with Crippen LogP contribution < -0.4 is 10.5 Å². The highest BCUT2D eigenvalue weighted by Crippen LogP contribution is 2.33. The van der Waals surface area contributed by atoms with Crippen molar-refractivity contribution in [2.75, 3.05) is 7.11 Å². The molecule has 168 valence electrons. The molecule has 0 amide bonds. The zero-order valence-electron chi connectivity index (χ0n) is 19.6. The molecule has 2 aromatic carbocycles. The third-order valence-electron chi connectivity index (χ3n) is 5.48. The summed E-state index contributed by atoms with van der Waals surface area (Å²) in [5.74, 6) is 0.682. The van der Waals surface area contributed by atoms with Crippen LogP contribution in [0, 0.1) is 19.8 Å². The second-order valence-corrected chi connectivity index (χ2v) is 8.45. The Labute approximate surface area is 190 Å². The average molecular weight is 433 g/mol. The van der Waals surface area contributed by atoms with Crippen molar-refractivity contribution in [3.63, 3.8) is 0 Å². The van der Waals surface area contributed by atoms with Crippen LogP contribution in [-0.2, 0) is 24.3 Å². The van der Waals surface area contributed by atoms with Crippen LogP contribution >= 0.6 is 0 Å². The summed E-state index contributed by atoms with van der Waals surface area (Å²) in [5.41, 5.74) is 14.2. The van der Waals surface area contributed by atoms with Gasteiger partial charge >= 0.3 is 5.97 Å². The Balaban J connectivity index is 2.06. The third kappa shape index (κ3) is 5.35. The first-order chi connectivity index (χ1) is 15.3. The maximum atomic E-state index is 11.9. The number of nitrogens with zero attached hydrogens (tertiary/aromatic N) is 1. The molecule has 32 heavy (non-hydrogen) atoms. The summed E-state index contributed by atoms with van der Waals surface area (Å²) in [5, 5.41) is 0. The van der Waals surface area contributed by atoms with E-state index in [2.05, 4.69) is 45.0 Å². The summed E-state index contributed by atoms with van der Waals surface area (Å²) < 4.78 is 10.9. The molecule has 0 saturated heterocycles. The highest BCUT2D eigenvalue weighted by molar-refractivity contribution is 5.89. The largest absolute Gasteiger partial charge is 0.489 e. The van der Waals surface area contributed by atoms with Gasteiger partial charge in [0.15, 0.2) is 0 Å². The first-order valence-corrected chi connectivity index (χ1v) is 10.9. The molecule has 0 unspecified atom stereocenters. The lowest BCUT2D eigenvalue weighted by Crippen LogP contribution is -2.14. The standard InChI is InChI=1S/C27H32N2O3/c1-17(2)13-25-23(15-28)26(20-11-9-18(3)10-12-20)24(19(4)29-25)16-32-22-8-6-7-21(14-22)27(30)31-5/h6-12,14,17H,13,15-16,28H2,1-5H3. The van der Waals surface area contributed by atoms with Crippen LogP contribution in [0.1, 0.15) is 52.3 Å². The van der Waals surface area contributed by atoms with E-state index in [1.807, 2.05) is 13.0 Å². The zero-order chi connectivity index (χ0) is 23.3.